The highest BCUT2D eigenvalue weighted by molar-refractivity contribution is 14.1. The van der Waals surface area contributed by atoms with E-state index in [1.54, 1.807) is 37.3 Å². The van der Waals surface area contributed by atoms with Gasteiger partial charge in [0.2, 0.25) is 0 Å². The molecule has 0 aliphatic heterocycles. The maximum absolute atomic E-state index is 12.4. The van der Waals surface area contributed by atoms with Crippen LogP contribution in [0.4, 0.5) is 5.69 Å². The number of nitriles is 1. The van der Waals surface area contributed by atoms with Crippen LogP contribution in [0.3, 0.4) is 0 Å². The summed E-state index contributed by atoms with van der Waals surface area (Å²) >= 11 is 8.09. The minimum atomic E-state index is -0.593. The van der Waals surface area contributed by atoms with Gasteiger partial charge in [0, 0.05) is 19.8 Å². The zero-order chi connectivity index (χ0) is 18.6. The van der Waals surface area contributed by atoms with E-state index >= 15 is 0 Å². The molecular formula is C18H14ClIN2O3. The number of anilines is 1. The number of rotatable bonds is 4. The first kappa shape index (κ1) is 19.1. The van der Waals surface area contributed by atoms with E-state index in [9.17, 15) is 15.2 Å². The topological polar surface area (TPSA) is 82.3 Å². The third-order valence-corrected chi connectivity index (χ3v) is 4.50. The predicted octanol–water partition coefficient (Wildman–Crippen LogP) is 4.51. The SMILES string of the molecule is COc1cc(I)cc(/C=C(\C#N)C(=O)Nc2cccc(Cl)c2C)c1O. The zero-order valence-corrected chi connectivity index (χ0v) is 16.3. The second-order valence-corrected chi connectivity index (χ2v) is 6.74. The molecule has 0 bridgehead atoms. The lowest BCUT2D eigenvalue weighted by molar-refractivity contribution is -0.112. The van der Waals surface area contributed by atoms with Gasteiger partial charge in [-0.1, -0.05) is 17.7 Å². The minimum Gasteiger partial charge on any atom is -0.504 e. The Bertz CT molecular complexity index is 904. The number of hydrogen-bond donors (Lipinski definition) is 2. The van der Waals surface area contributed by atoms with Crippen LogP contribution in [0.1, 0.15) is 11.1 Å². The molecule has 0 aliphatic rings. The molecule has 0 aliphatic carbocycles. The largest absolute Gasteiger partial charge is 0.504 e. The molecule has 25 heavy (non-hydrogen) atoms. The Morgan fingerprint density at radius 1 is 1.44 bits per heavy atom. The van der Waals surface area contributed by atoms with Crippen molar-refractivity contribution >= 4 is 51.9 Å². The van der Waals surface area contributed by atoms with Gasteiger partial charge in [0.25, 0.3) is 5.91 Å². The zero-order valence-electron chi connectivity index (χ0n) is 13.4. The van der Waals surface area contributed by atoms with Crippen molar-refractivity contribution in [1.82, 2.24) is 0 Å². The molecule has 2 rings (SSSR count). The van der Waals surface area contributed by atoms with Crippen LogP contribution in [0.25, 0.3) is 6.08 Å². The molecule has 0 saturated heterocycles. The first-order valence-electron chi connectivity index (χ1n) is 7.12. The summed E-state index contributed by atoms with van der Waals surface area (Å²) in [5.41, 5.74) is 1.38. The summed E-state index contributed by atoms with van der Waals surface area (Å²) in [5, 5.41) is 22.7. The lowest BCUT2D eigenvalue weighted by Gasteiger charge is -2.10. The third kappa shape index (κ3) is 4.44. The van der Waals surface area contributed by atoms with Crippen molar-refractivity contribution in [2.75, 3.05) is 12.4 Å². The normalized spacial score (nSPS) is 10.9. The first-order valence-corrected chi connectivity index (χ1v) is 8.57. The minimum absolute atomic E-state index is 0.137. The average molecular weight is 469 g/mol. The Kier molecular flexibility index (Phi) is 6.28. The molecular weight excluding hydrogens is 455 g/mol. The molecule has 2 aromatic carbocycles. The second-order valence-electron chi connectivity index (χ2n) is 5.08. The molecule has 0 unspecified atom stereocenters. The average Bonchev–Trinajstić information content (AvgIpc) is 2.59. The summed E-state index contributed by atoms with van der Waals surface area (Å²) in [6.45, 7) is 1.77. The maximum atomic E-state index is 12.4. The molecule has 2 N–H and O–H groups in total. The van der Waals surface area contributed by atoms with Gasteiger partial charge in [-0.25, -0.2) is 0 Å². The highest BCUT2D eigenvalue weighted by Gasteiger charge is 2.15. The van der Waals surface area contributed by atoms with Crippen molar-refractivity contribution in [3.05, 3.63) is 55.6 Å². The van der Waals surface area contributed by atoms with Crippen LogP contribution >= 0.6 is 34.2 Å². The van der Waals surface area contributed by atoms with E-state index in [1.165, 1.54) is 13.2 Å². The fourth-order valence-corrected chi connectivity index (χ4v) is 2.89. The number of halogens is 2. The maximum Gasteiger partial charge on any atom is 0.266 e. The number of benzene rings is 2. The third-order valence-electron chi connectivity index (χ3n) is 3.47. The highest BCUT2D eigenvalue weighted by atomic mass is 127. The van der Waals surface area contributed by atoms with Gasteiger partial charge in [-0.15, -0.1) is 0 Å². The quantitative estimate of drug-likeness (QED) is 0.393. The monoisotopic (exact) mass is 468 g/mol. The molecule has 2 aromatic rings. The molecule has 0 atom stereocenters. The van der Waals surface area contributed by atoms with E-state index in [0.29, 0.717) is 21.8 Å². The highest BCUT2D eigenvalue weighted by Crippen LogP contribution is 2.33. The van der Waals surface area contributed by atoms with Crippen molar-refractivity contribution < 1.29 is 14.6 Å². The number of carbonyl (C=O) groups excluding carboxylic acids is 1. The number of hydrogen-bond acceptors (Lipinski definition) is 4. The smallest absolute Gasteiger partial charge is 0.266 e. The fourth-order valence-electron chi connectivity index (χ4n) is 2.10. The number of phenols is 1. The van der Waals surface area contributed by atoms with Gasteiger partial charge in [0.1, 0.15) is 11.6 Å². The van der Waals surface area contributed by atoms with Crippen LogP contribution in [-0.2, 0) is 4.79 Å². The molecule has 5 nitrogen and oxygen atoms in total. The number of methoxy groups -OCH3 is 1. The second kappa shape index (κ2) is 8.23. The molecule has 0 radical (unpaired) electrons. The van der Waals surface area contributed by atoms with E-state index in [-0.39, 0.29) is 17.1 Å². The molecule has 7 heteroatoms. The van der Waals surface area contributed by atoms with E-state index in [1.807, 2.05) is 6.07 Å². The summed E-state index contributed by atoms with van der Waals surface area (Å²) in [7, 11) is 1.43. The Morgan fingerprint density at radius 2 is 2.16 bits per heavy atom. The van der Waals surface area contributed by atoms with Gasteiger partial charge in [0.05, 0.1) is 7.11 Å². The van der Waals surface area contributed by atoms with Gasteiger partial charge in [-0.05, 0) is 65.4 Å². The standard InChI is InChI=1S/C18H14ClIN2O3/c1-10-14(19)4-3-5-15(10)22-18(24)12(9-21)6-11-7-13(20)8-16(25-2)17(11)23/h3-8,23H,1-2H3,(H,22,24)/b12-6+. The van der Waals surface area contributed by atoms with E-state index in [4.69, 9.17) is 16.3 Å². The van der Waals surface area contributed by atoms with Gasteiger partial charge < -0.3 is 15.2 Å². The summed E-state index contributed by atoms with van der Waals surface area (Å²) in [6, 6.07) is 10.3. The van der Waals surface area contributed by atoms with Gasteiger partial charge in [0.15, 0.2) is 11.5 Å². The van der Waals surface area contributed by atoms with Crippen LogP contribution in [0.15, 0.2) is 35.9 Å². The number of phenolic OH excluding ortho intramolecular Hbond substituents is 1. The molecule has 1 amide bonds. The van der Waals surface area contributed by atoms with Crippen molar-refractivity contribution in [3.63, 3.8) is 0 Å². The number of aromatic hydroxyl groups is 1. The Morgan fingerprint density at radius 3 is 2.80 bits per heavy atom. The predicted molar refractivity (Wildman–Crippen MR) is 106 cm³/mol. The van der Waals surface area contributed by atoms with Gasteiger partial charge in [-0.2, -0.15) is 5.26 Å². The summed E-state index contributed by atoms with van der Waals surface area (Å²) in [6.07, 6.45) is 1.31. The lowest BCUT2D eigenvalue weighted by atomic mass is 10.1. The number of ether oxygens (including phenoxy) is 1. The summed E-state index contributed by atoms with van der Waals surface area (Å²) < 4.78 is 5.88. The number of carbonyl (C=O) groups is 1. The summed E-state index contributed by atoms with van der Waals surface area (Å²) in [4.78, 5) is 12.4. The van der Waals surface area contributed by atoms with Crippen LogP contribution in [0, 0.1) is 21.8 Å². The number of nitrogens with zero attached hydrogens (tertiary/aromatic N) is 1. The molecule has 128 valence electrons. The Balaban J connectivity index is 2.38. The first-order chi connectivity index (χ1) is 11.9. The molecule has 0 heterocycles. The van der Waals surface area contributed by atoms with Crippen LogP contribution < -0.4 is 10.1 Å². The van der Waals surface area contributed by atoms with E-state index < -0.39 is 5.91 Å². The van der Waals surface area contributed by atoms with Crippen LogP contribution in [-0.4, -0.2) is 18.1 Å². The van der Waals surface area contributed by atoms with Crippen molar-refractivity contribution in [2.24, 2.45) is 0 Å². The van der Waals surface area contributed by atoms with Crippen molar-refractivity contribution in [1.29, 1.82) is 5.26 Å². The molecule has 0 saturated carbocycles. The molecule has 0 spiro atoms. The molecule has 0 fully saturated rings. The number of nitrogens with one attached hydrogen (secondary N) is 1. The van der Waals surface area contributed by atoms with Gasteiger partial charge >= 0.3 is 0 Å². The van der Waals surface area contributed by atoms with Crippen LogP contribution in [0.2, 0.25) is 5.02 Å². The van der Waals surface area contributed by atoms with E-state index in [0.717, 1.165) is 3.57 Å². The Hall–Kier alpha value is -2.24. The molecule has 0 aromatic heterocycles. The lowest BCUT2D eigenvalue weighted by Crippen LogP contribution is -2.14. The van der Waals surface area contributed by atoms with Crippen LogP contribution in [0.5, 0.6) is 11.5 Å². The number of amides is 1. The Labute approximate surface area is 164 Å². The van der Waals surface area contributed by atoms with E-state index in [2.05, 4.69) is 27.9 Å². The summed E-state index contributed by atoms with van der Waals surface area (Å²) in [5.74, 6) is -0.464. The van der Waals surface area contributed by atoms with Crippen molar-refractivity contribution in [2.45, 2.75) is 6.92 Å². The fraction of sp³-hybridized carbons (Fsp3) is 0.111. The van der Waals surface area contributed by atoms with Gasteiger partial charge in [-0.3, -0.25) is 4.79 Å². The van der Waals surface area contributed by atoms with Crippen molar-refractivity contribution in [3.8, 4) is 17.6 Å².